The highest BCUT2D eigenvalue weighted by molar-refractivity contribution is 5.19. The molecule has 0 spiro atoms. The van der Waals surface area contributed by atoms with Crippen LogP contribution in [0.15, 0.2) is 23.8 Å². The minimum Gasteiger partial charge on any atom is -0.0843 e. The molecule has 0 nitrogen and oxygen atoms in total. The molecule has 0 aromatic heterocycles. The zero-order valence-corrected chi connectivity index (χ0v) is 9.60. The lowest BCUT2D eigenvalue weighted by atomic mass is 9.99. The lowest BCUT2D eigenvalue weighted by Crippen LogP contribution is -1.87. The monoisotopic (exact) mass is 192 g/mol. The first-order valence-electron chi connectivity index (χ1n) is 6.29. The van der Waals surface area contributed by atoms with Gasteiger partial charge in [0.2, 0.25) is 0 Å². The van der Waals surface area contributed by atoms with Crippen molar-refractivity contribution in [3.63, 3.8) is 0 Å². The molecule has 0 aromatic carbocycles. The molecule has 0 unspecified atom stereocenters. The third kappa shape index (κ3) is 5.26. The van der Waals surface area contributed by atoms with Crippen molar-refractivity contribution in [3.05, 3.63) is 23.8 Å². The van der Waals surface area contributed by atoms with Gasteiger partial charge in [0.1, 0.15) is 0 Å². The van der Waals surface area contributed by atoms with Gasteiger partial charge in [-0.25, -0.2) is 0 Å². The summed E-state index contributed by atoms with van der Waals surface area (Å²) in [6.45, 7) is 2.27. The van der Waals surface area contributed by atoms with E-state index in [1.54, 1.807) is 5.57 Å². The van der Waals surface area contributed by atoms with Gasteiger partial charge in [0, 0.05) is 0 Å². The minimum absolute atomic E-state index is 1.28. The normalized spacial score (nSPS) is 17.4. The van der Waals surface area contributed by atoms with E-state index in [2.05, 4.69) is 25.2 Å². The minimum atomic E-state index is 1.28. The molecule has 0 saturated carbocycles. The van der Waals surface area contributed by atoms with Crippen molar-refractivity contribution < 1.29 is 0 Å². The summed E-state index contributed by atoms with van der Waals surface area (Å²) in [6, 6.07) is 0. The summed E-state index contributed by atoms with van der Waals surface area (Å²) in [7, 11) is 0. The van der Waals surface area contributed by atoms with Gasteiger partial charge in [-0.2, -0.15) is 0 Å². The van der Waals surface area contributed by atoms with Gasteiger partial charge in [0.15, 0.2) is 0 Å². The van der Waals surface area contributed by atoms with Crippen LogP contribution in [0.2, 0.25) is 0 Å². The second kappa shape index (κ2) is 7.84. The summed E-state index contributed by atoms with van der Waals surface area (Å²) in [6.07, 6.45) is 19.3. The van der Waals surface area contributed by atoms with Crippen molar-refractivity contribution in [1.82, 2.24) is 0 Å². The molecule has 0 saturated heterocycles. The molecule has 14 heavy (non-hydrogen) atoms. The Morgan fingerprint density at radius 2 is 2.14 bits per heavy atom. The zero-order valence-electron chi connectivity index (χ0n) is 9.60. The van der Waals surface area contributed by atoms with Gasteiger partial charge in [0.05, 0.1) is 0 Å². The summed E-state index contributed by atoms with van der Waals surface area (Å²) in [5.74, 6) is 0. The molecule has 1 rings (SSSR count). The predicted octanol–water partition coefficient (Wildman–Crippen LogP) is 5.01. The van der Waals surface area contributed by atoms with Crippen LogP contribution in [0.3, 0.4) is 0 Å². The van der Waals surface area contributed by atoms with E-state index in [1.807, 2.05) is 0 Å². The molecule has 0 heteroatoms. The van der Waals surface area contributed by atoms with Crippen molar-refractivity contribution in [1.29, 1.82) is 0 Å². The van der Waals surface area contributed by atoms with E-state index in [9.17, 15) is 0 Å². The Morgan fingerprint density at radius 1 is 1.21 bits per heavy atom. The number of allylic oxidation sites excluding steroid dienone is 4. The Morgan fingerprint density at radius 3 is 2.86 bits per heavy atom. The second-order valence-electron chi connectivity index (χ2n) is 4.28. The average Bonchev–Trinajstić information content (AvgIpc) is 2.25. The Hall–Kier alpha value is -0.520. The Bertz CT molecular complexity index is 186. The van der Waals surface area contributed by atoms with E-state index in [0.717, 1.165) is 0 Å². The summed E-state index contributed by atoms with van der Waals surface area (Å²) < 4.78 is 0. The van der Waals surface area contributed by atoms with Crippen LogP contribution in [0.5, 0.6) is 0 Å². The molecule has 0 aromatic rings. The van der Waals surface area contributed by atoms with Crippen LogP contribution in [0.25, 0.3) is 0 Å². The summed E-state index contributed by atoms with van der Waals surface area (Å²) in [4.78, 5) is 0. The van der Waals surface area contributed by atoms with E-state index in [-0.39, 0.29) is 0 Å². The van der Waals surface area contributed by atoms with Crippen LogP contribution in [-0.2, 0) is 0 Å². The van der Waals surface area contributed by atoms with Crippen LogP contribution in [-0.4, -0.2) is 0 Å². The number of hydrogen-bond acceptors (Lipinski definition) is 0. The van der Waals surface area contributed by atoms with Gasteiger partial charge in [-0.15, -0.1) is 0 Å². The fourth-order valence-corrected chi connectivity index (χ4v) is 1.94. The third-order valence-corrected chi connectivity index (χ3v) is 2.88. The number of hydrogen-bond donors (Lipinski definition) is 0. The number of rotatable bonds is 6. The molecule has 80 valence electrons. The predicted molar refractivity (Wildman–Crippen MR) is 64.5 cm³/mol. The molecule has 0 aliphatic heterocycles. The van der Waals surface area contributed by atoms with E-state index in [4.69, 9.17) is 0 Å². The summed E-state index contributed by atoms with van der Waals surface area (Å²) in [5, 5.41) is 0. The molecular formula is C14H24. The first-order valence-corrected chi connectivity index (χ1v) is 6.29. The van der Waals surface area contributed by atoms with Crippen molar-refractivity contribution in [2.24, 2.45) is 0 Å². The maximum atomic E-state index is 2.41. The highest BCUT2D eigenvalue weighted by atomic mass is 14.0. The summed E-state index contributed by atoms with van der Waals surface area (Å²) >= 11 is 0. The largest absolute Gasteiger partial charge is 0.0843 e. The van der Waals surface area contributed by atoms with Crippen LogP contribution < -0.4 is 0 Å². The third-order valence-electron chi connectivity index (χ3n) is 2.88. The highest BCUT2D eigenvalue weighted by Gasteiger charge is 1.98. The van der Waals surface area contributed by atoms with Gasteiger partial charge in [-0.1, -0.05) is 50.0 Å². The molecule has 0 heterocycles. The fourth-order valence-electron chi connectivity index (χ4n) is 1.94. The van der Waals surface area contributed by atoms with Gasteiger partial charge >= 0.3 is 0 Å². The molecule has 0 bridgehead atoms. The van der Waals surface area contributed by atoms with Crippen molar-refractivity contribution in [2.75, 3.05) is 0 Å². The second-order valence-corrected chi connectivity index (χ2v) is 4.28. The van der Waals surface area contributed by atoms with Gasteiger partial charge in [-0.3, -0.25) is 0 Å². The van der Waals surface area contributed by atoms with Crippen LogP contribution in [0.4, 0.5) is 0 Å². The molecule has 0 N–H and O–H groups in total. The maximum absolute atomic E-state index is 2.41. The molecule has 0 amide bonds. The smallest absolute Gasteiger partial charge is 0.0282 e. The van der Waals surface area contributed by atoms with Crippen LogP contribution >= 0.6 is 0 Å². The van der Waals surface area contributed by atoms with E-state index in [1.165, 1.54) is 57.8 Å². The Balaban J connectivity index is 2.04. The molecule has 0 atom stereocenters. The molecule has 0 radical (unpaired) electrons. The lowest BCUT2D eigenvalue weighted by molar-refractivity contribution is 0.673. The number of unbranched alkanes of at least 4 members (excludes halogenated alkanes) is 4. The molecule has 1 aliphatic carbocycles. The Kier molecular flexibility index (Phi) is 6.47. The van der Waals surface area contributed by atoms with Gasteiger partial charge < -0.3 is 0 Å². The van der Waals surface area contributed by atoms with Crippen molar-refractivity contribution in [3.8, 4) is 0 Å². The zero-order chi connectivity index (χ0) is 10.1. The fraction of sp³-hybridized carbons (Fsp3) is 0.714. The van der Waals surface area contributed by atoms with Crippen LogP contribution in [0.1, 0.15) is 64.7 Å². The maximum Gasteiger partial charge on any atom is -0.0282 e. The van der Waals surface area contributed by atoms with Gasteiger partial charge in [0.25, 0.3) is 0 Å². The standard InChI is InChI=1S/C14H24/c1-2-3-4-5-6-8-11-14-12-9-7-10-13-14/h8,11-12H,2-7,9-10,13H2,1H3. The SMILES string of the molecule is CCCCCCC=CC1=CCCCC1. The lowest BCUT2D eigenvalue weighted by Gasteiger charge is -2.07. The highest BCUT2D eigenvalue weighted by Crippen LogP contribution is 2.18. The average molecular weight is 192 g/mol. The van der Waals surface area contributed by atoms with Gasteiger partial charge in [-0.05, 0) is 38.5 Å². The van der Waals surface area contributed by atoms with Crippen LogP contribution in [0, 0.1) is 0 Å². The van der Waals surface area contributed by atoms with E-state index in [0.29, 0.717) is 0 Å². The molecule has 0 fully saturated rings. The molecular weight excluding hydrogens is 168 g/mol. The first kappa shape index (κ1) is 11.6. The van der Waals surface area contributed by atoms with E-state index < -0.39 is 0 Å². The Labute approximate surface area is 89.1 Å². The van der Waals surface area contributed by atoms with Crippen molar-refractivity contribution in [2.45, 2.75) is 64.7 Å². The topological polar surface area (TPSA) is 0 Å². The van der Waals surface area contributed by atoms with Crippen molar-refractivity contribution >= 4 is 0 Å². The first-order chi connectivity index (χ1) is 6.93. The van der Waals surface area contributed by atoms with E-state index >= 15 is 0 Å². The quantitative estimate of drug-likeness (QED) is 0.519. The summed E-state index contributed by atoms with van der Waals surface area (Å²) in [5.41, 5.74) is 1.58. The molecule has 1 aliphatic rings.